The van der Waals surface area contributed by atoms with E-state index in [9.17, 15) is 19.5 Å². The van der Waals surface area contributed by atoms with Crippen molar-refractivity contribution in [2.24, 2.45) is 5.41 Å². The maximum Gasteiger partial charge on any atom is 0.329 e. The summed E-state index contributed by atoms with van der Waals surface area (Å²) in [7, 11) is 0. The molecule has 0 saturated carbocycles. The summed E-state index contributed by atoms with van der Waals surface area (Å²) < 4.78 is 4.99. The van der Waals surface area contributed by atoms with Gasteiger partial charge in [-0.15, -0.1) is 0 Å². The van der Waals surface area contributed by atoms with E-state index in [1.54, 1.807) is 0 Å². The molecule has 118 valence electrons. The molecule has 0 bridgehead atoms. The summed E-state index contributed by atoms with van der Waals surface area (Å²) in [6.07, 6.45) is 3.47. The van der Waals surface area contributed by atoms with Gasteiger partial charge >= 0.3 is 5.97 Å². The first-order valence-corrected chi connectivity index (χ1v) is 7.09. The smallest absolute Gasteiger partial charge is 0.329 e. The number of carbonyl (C=O) groups excluding carboxylic acids is 3. The normalized spacial score (nSPS) is 19.0. The molecule has 0 aromatic carbocycles. The summed E-state index contributed by atoms with van der Waals surface area (Å²) in [5, 5.41) is 9.21. The highest BCUT2D eigenvalue weighted by molar-refractivity contribution is 6.38. The Labute approximate surface area is 124 Å². The Morgan fingerprint density at radius 1 is 1.38 bits per heavy atom. The second-order valence-electron chi connectivity index (χ2n) is 5.80. The molecule has 21 heavy (non-hydrogen) atoms. The molecule has 1 rings (SSSR count). The van der Waals surface area contributed by atoms with Crippen LogP contribution in [-0.2, 0) is 19.1 Å². The number of rotatable bonds is 6. The van der Waals surface area contributed by atoms with Crippen molar-refractivity contribution >= 4 is 17.7 Å². The van der Waals surface area contributed by atoms with Crippen molar-refractivity contribution in [1.82, 2.24) is 4.90 Å². The van der Waals surface area contributed by atoms with E-state index < -0.39 is 35.7 Å². The Morgan fingerprint density at radius 3 is 2.62 bits per heavy atom. The lowest BCUT2D eigenvalue weighted by atomic mass is 9.87. The summed E-state index contributed by atoms with van der Waals surface area (Å²) in [5.41, 5.74) is -1.15. The quantitative estimate of drug-likeness (QED) is 0.443. The summed E-state index contributed by atoms with van der Waals surface area (Å²) in [6, 6.07) is -0.732. The minimum atomic E-state index is -1.15. The topological polar surface area (TPSA) is 83.9 Å². The summed E-state index contributed by atoms with van der Waals surface area (Å²) in [5.74, 6) is -1.93. The lowest BCUT2D eigenvalue weighted by molar-refractivity contribution is -0.160. The highest BCUT2D eigenvalue weighted by atomic mass is 16.5. The Balaban J connectivity index is 2.86. The molecule has 1 unspecified atom stereocenters. The predicted octanol–water partition coefficient (Wildman–Crippen LogP) is 0.684. The van der Waals surface area contributed by atoms with Gasteiger partial charge < -0.3 is 14.7 Å². The van der Waals surface area contributed by atoms with E-state index in [1.807, 2.05) is 0 Å². The van der Waals surface area contributed by atoms with Gasteiger partial charge in [0.2, 0.25) is 5.78 Å². The van der Waals surface area contributed by atoms with Crippen molar-refractivity contribution in [1.29, 1.82) is 0 Å². The molecule has 1 heterocycles. The number of nitrogens with zero attached hydrogens (tertiary/aromatic N) is 1. The van der Waals surface area contributed by atoms with Crippen LogP contribution in [0.5, 0.6) is 0 Å². The number of ketones is 1. The van der Waals surface area contributed by atoms with E-state index in [-0.39, 0.29) is 6.61 Å². The van der Waals surface area contributed by atoms with Gasteiger partial charge in [-0.2, -0.15) is 0 Å². The zero-order valence-electron chi connectivity index (χ0n) is 12.6. The Hall–Kier alpha value is -1.69. The molecule has 0 aromatic heterocycles. The number of hydrogen-bond donors (Lipinski definition) is 1. The van der Waals surface area contributed by atoms with Gasteiger partial charge in [0.25, 0.3) is 5.91 Å². The Bertz CT molecular complexity index is 430. The number of likely N-dealkylation sites (tertiary alicyclic amines) is 1. The highest BCUT2D eigenvalue weighted by Crippen LogP contribution is 2.23. The van der Waals surface area contributed by atoms with Gasteiger partial charge in [-0.05, 0) is 19.3 Å². The minimum Gasteiger partial charge on any atom is -0.460 e. The summed E-state index contributed by atoms with van der Waals surface area (Å²) >= 11 is 0. The van der Waals surface area contributed by atoms with Crippen LogP contribution in [0.3, 0.4) is 0 Å². The SMILES string of the molecule is C=CCOC(=O)C1CCCCN1C(=O)C(=O)C(C)(C)CO. The standard InChI is InChI=1S/C15H23NO5/c1-4-9-21-14(20)11-7-5-6-8-16(11)13(19)12(18)15(2,3)10-17/h4,11,17H,1,5-10H2,2-3H3. The average Bonchev–Trinajstić information content (AvgIpc) is 2.51. The number of aliphatic hydroxyl groups is 1. The third-order valence-corrected chi connectivity index (χ3v) is 3.58. The first-order valence-electron chi connectivity index (χ1n) is 7.09. The molecular weight excluding hydrogens is 274 g/mol. The minimum absolute atomic E-state index is 0.0768. The van der Waals surface area contributed by atoms with Gasteiger partial charge in [0.05, 0.1) is 12.0 Å². The molecular formula is C15H23NO5. The number of amides is 1. The second kappa shape index (κ2) is 7.36. The first-order chi connectivity index (χ1) is 9.85. The number of Topliss-reactive ketones (excluding diaryl/α,β-unsaturated/α-hetero) is 1. The molecule has 1 aliphatic heterocycles. The van der Waals surface area contributed by atoms with Crippen molar-refractivity contribution in [2.45, 2.75) is 39.2 Å². The number of ether oxygens (including phenoxy) is 1. The third kappa shape index (κ3) is 4.14. The third-order valence-electron chi connectivity index (χ3n) is 3.58. The lowest BCUT2D eigenvalue weighted by Gasteiger charge is -2.35. The maximum absolute atomic E-state index is 12.3. The molecule has 1 atom stereocenters. The highest BCUT2D eigenvalue weighted by Gasteiger charge is 2.40. The molecule has 0 radical (unpaired) electrons. The fraction of sp³-hybridized carbons (Fsp3) is 0.667. The average molecular weight is 297 g/mol. The van der Waals surface area contributed by atoms with Crippen molar-refractivity contribution < 1.29 is 24.2 Å². The van der Waals surface area contributed by atoms with Crippen LogP contribution in [0.4, 0.5) is 0 Å². The predicted molar refractivity (Wildman–Crippen MR) is 76.4 cm³/mol. The first kappa shape index (κ1) is 17.4. The fourth-order valence-corrected chi connectivity index (χ4v) is 2.15. The van der Waals surface area contributed by atoms with Gasteiger partial charge in [-0.3, -0.25) is 9.59 Å². The lowest BCUT2D eigenvalue weighted by Crippen LogP contribution is -2.53. The number of carbonyl (C=O) groups is 3. The van der Waals surface area contributed by atoms with Gasteiger partial charge in [-0.1, -0.05) is 26.5 Å². The molecule has 1 N–H and O–H groups in total. The Kier molecular flexibility index (Phi) is 6.08. The molecule has 0 spiro atoms. The molecule has 0 aromatic rings. The fourth-order valence-electron chi connectivity index (χ4n) is 2.15. The van der Waals surface area contributed by atoms with Crippen LogP contribution in [0.1, 0.15) is 33.1 Å². The second-order valence-corrected chi connectivity index (χ2v) is 5.80. The van der Waals surface area contributed by atoms with E-state index in [0.29, 0.717) is 13.0 Å². The van der Waals surface area contributed by atoms with Crippen LogP contribution in [0.15, 0.2) is 12.7 Å². The molecule has 6 heteroatoms. The van der Waals surface area contributed by atoms with E-state index in [1.165, 1.54) is 24.8 Å². The van der Waals surface area contributed by atoms with Gasteiger partial charge in [0.1, 0.15) is 12.6 Å². The van der Waals surface area contributed by atoms with E-state index in [4.69, 9.17) is 4.74 Å². The zero-order chi connectivity index (χ0) is 16.0. The van der Waals surface area contributed by atoms with Crippen LogP contribution < -0.4 is 0 Å². The van der Waals surface area contributed by atoms with Crippen molar-refractivity contribution in [3.63, 3.8) is 0 Å². The molecule has 1 saturated heterocycles. The zero-order valence-corrected chi connectivity index (χ0v) is 12.6. The molecule has 1 amide bonds. The number of aliphatic hydroxyl groups excluding tert-OH is 1. The van der Waals surface area contributed by atoms with E-state index in [2.05, 4.69) is 6.58 Å². The van der Waals surface area contributed by atoms with Crippen LogP contribution >= 0.6 is 0 Å². The molecule has 0 aliphatic carbocycles. The van der Waals surface area contributed by atoms with Crippen molar-refractivity contribution in [3.05, 3.63) is 12.7 Å². The van der Waals surface area contributed by atoms with Crippen molar-refractivity contribution in [2.75, 3.05) is 19.8 Å². The number of piperidine rings is 1. The monoisotopic (exact) mass is 297 g/mol. The summed E-state index contributed by atoms with van der Waals surface area (Å²) in [6.45, 7) is 6.47. The number of esters is 1. The van der Waals surface area contributed by atoms with Gasteiger partial charge in [-0.25, -0.2) is 4.79 Å². The van der Waals surface area contributed by atoms with E-state index in [0.717, 1.165) is 12.8 Å². The van der Waals surface area contributed by atoms with Gasteiger partial charge in [0.15, 0.2) is 0 Å². The van der Waals surface area contributed by atoms with E-state index >= 15 is 0 Å². The Morgan fingerprint density at radius 2 is 2.05 bits per heavy atom. The maximum atomic E-state index is 12.3. The molecule has 1 fully saturated rings. The van der Waals surface area contributed by atoms with Crippen LogP contribution in [0.2, 0.25) is 0 Å². The number of hydrogen-bond acceptors (Lipinski definition) is 5. The van der Waals surface area contributed by atoms with Crippen LogP contribution in [0.25, 0.3) is 0 Å². The molecule has 6 nitrogen and oxygen atoms in total. The molecule has 1 aliphatic rings. The summed E-state index contributed by atoms with van der Waals surface area (Å²) in [4.78, 5) is 37.7. The van der Waals surface area contributed by atoms with Gasteiger partial charge in [0, 0.05) is 6.54 Å². The largest absolute Gasteiger partial charge is 0.460 e. The van der Waals surface area contributed by atoms with Crippen molar-refractivity contribution in [3.8, 4) is 0 Å². The van der Waals surface area contributed by atoms with Crippen LogP contribution in [-0.4, -0.2) is 53.5 Å². The van der Waals surface area contributed by atoms with Crippen LogP contribution in [0, 0.1) is 5.41 Å².